The van der Waals surface area contributed by atoms with Crippen LogP contribution in [0, 0.1) is 5.92 Å². The Morgan fingerprint density at radius 1 is 1.47 bits per heavy atom. The molecule has 0 aromatic carbocycles. The molecule has 0 spiro atoms. The molecule has 0 aromatic heterocycles. The molecule has 0 bridgehead atoms. The van der Waals surface area contributed by atoms with Crippen LogP contribution in [0.25, 0.3) is 10.4 Å². The Hall–Kier alpha value is -0.770. The standard InChI is InChI=1S/C10H20N4O/c1-14(6-2-5-12-13-11)7-8-15-9-10-3-4-10/h10H,2-9H2,1H3. The molecule has 0 saturated heterocycles. The fourth-order valence-electron chi connectivity index (χ4n) is 1.32. The third kappa shape index (κ3) is 7.19. The van der Waals surface area contributed by atoms with Gasteiger partial charge in [0.15, 0.2) is 0 Å². The van der Waals surface area contributed by atoms with E-state index in [1.165, 1.54) is 12.8 Å². The van der Waals surface area contributed by atoms with E-state index in [0.29, 0.717) is 6.54 Å². The zero-order valence-electron chi connectivity index (χ0n) is 9.43. The summed E-state index contributed by atoms with van der Waals surface area (Å²) in [6.45, 7) is 4.26. The number of rotatable bonds is 9. The summed E-state index contributed by atoms with van der Waals surface area (Å²) in [5.74, 6) is 0.847. The van der Waals surface area contributed by atoms with Gasteiger partial charge in [0.2, 0.25) is 0 Å². The van der Waals surface area contributed by atoms with E-state index < -0.39 is 0 Å². The first-order valence-electron chi connectivity index (χ1n) is 5.60. The molecule has 0 aliphatic heterocycles. The highest BCUT2D eigenvalue weighted by Gasteiger charge is 2.20. The molecule has 1 rings (SSSR count). The Balaban J connectivity index is 1.83. The van der Waals surface area contributed by atoms with Gasteiger partial charge in [0.05, 0.1) is 6.61 Å². The average Bonchev–Trinajstić information content (AvgIpc) is 3.03. The summed E-state index contributed by atoms with van der Waals surface area (Å²) in [7, 11) is 2.07. The molecule has 0 amide bonds. The lowest BCUT2D eigenvalue weighted by Crippen LogP contribution is -2.25. The Labute approximate surface area is 91.0 Å². The summed E-state index contributed by atoms with van der Waals surface area (Å²) in [5, 5.41) is 3.49. The van der Waals surface area contributed by atoms with Crippen molar-refractivity contribution >= 4 is 0 Å². The Bertz CT molecular complexity index is 211. The van der Waals surface area contributed by atoms with E-state index >= 15 is 0 Å². The fourth-order valence-corrected chi connectivity index (χ4v) is 1.32. The van der Waals surface area contributed by atoms with E-state index in [9.17, 15) is 0 Å². The third-order valence-electron chi connectivity index (χ3n) is 2.53. The Kier molecular flexibility index (Phi) is 6.16. The second-order valence-corrected chi connectivity index (χ2v) is 4.13. The highest BCUT2D eigenvalue weighted by molar-refractivity contribution is 4.71. The van der Waals surface area contributed by atoms with Crippen molar-refractivity contribution in [1.29, 1.82) is 0 Å². The first kappa shape index (κ1) is 12.3. The molecule has 1 saturated carbocycles. The highest BCUT2D eigenvalue weighted by atomic mass is 16.5. The van der Waals surface area contributed by atoms with Crippen LogP contribution in [0.5, 0.6) is 0 Å². The largest absolute Gasteiger partial charge is 0.380 e. The second kappa shape index (κ2) is 7.51. The van der Waals surface area contributed by atoms with Gasteiger partial charge in [-0.05, 0) is 44.3 Å². The molecule has 5 nitrogen and oxygen atoms in total. The highest BCUT2D eigenvalue weighted by Crippen LogP contribution is 2.28. The van der Waals surface area contributed by atoms with Crippen molar-refractivity contribution in [2.45, 2.75) is 19.3 Å². The van der Waals surface area contributed by atoms with Gasteiger partial charge in [-0.3, -0.25) is 0 Å². The monoisotopic (exact) mass is 212 g/mol. The van der Waals surface area contributed by atoms with Crippen LogP contribution in [0.3, 0.4) is 0 Å². The van der Waals surface area contributed by atoms with Gasteiger partial charge in [-0.1, -0.05) is 5.11 Å². The van der Waals surface area contributed by atoms with Gasteiger partial charge in [0.25, 0.3) is 0 Å². The molecule has 0 atom stereocenters. The summed E-state index contributed by atoms with van der Waals surface area (Å²) >= 11 is 0. The van der Waals surface area contributed by atoms with Crippen molar-refractivity contribution in [3.8, 4) is 0 Å². The number of likely N-dealkylation sites (N-methyl/N-ethyl adjacent to an activating group) is 1. The molecular formula is C10H20N4O. The lowest BCUT2D eigenvalue weighted by atomic mass is 10.4. The van der Waals surface area contributed by atoms with E-state index in [1.807, 2.05) is 0 Å². The second-order valence-electron chi connectivity index (χ2n) is 4.13. The quantitative estimate of drug-likeness (QED) is 0.254. The van der Waals surface area contributed by atoms with Crippen molar-refractivity contribution in [1.82, 2.24) is 4.90 Å². The number of ether oxygens (including phenoxy) is 1. The van der Waals surface area contributed by atoms with Crippen LogP contribution in [0.2, 0.25) is 0 Å². The molecule has 1 aliphatic carbocycles. The van der Waals surface area contributed by atoms with E-state index in [-0.39, 0.29) is 0 Å². The minimum atomic E-state index is 0.587. The normalized spacial score (nSPS) is 15.3. The average molecular weight is 212 g/mol. The fraction of sp³-hybridized carbons (Fsp3) is 1.00. The molecule has 0 aromatic rings. The maximum absolute atomic E-state index is 8.09. The van der Waals surface area contributed by atoms with Crippen molar-refractivity contribution in [3.05, 3.63) is 10.4 Å². The maximum Gasteiger partial charge on any atom is 0.0593 e. The van der Waals surface area contributed by atoms with Crippen LogP contribution in [0.15, 0.2) is 5.11 Å². The molecular weight excluding hydrogens is 192 g/mol. The predicted octanol–water partition coefficient (Wildman–Crippen LogP) is 2.05. The Morgan fingerprint density at radius 3 is 2.93 bits per heavy atom. The van der Waals surface area contributed by atoms with Crippen molar-refractivity contribution in [2.24, 2.45) is 11.0 Å². The van der Waals surface area contributed by atoms with Crippen molar-refractivity contribution in [3.63, 3.8) is 0 Å². The van der Waals surface area contributed by atoms with Crippen molar-refractivity contribution in [2.75, 3.05) is 39.9 Å². The molecule has 15 heavy (non-hydrogen) atoms. The van der Waals surface area contributed by atoms with E-state index in [2.05, 4.69) is 22.0 Å². The summed E-state index contributed by atoms with van der Waals surface area (Å²) in [5.41, 5.74) is 8.09. The molecule has 86 valence electrons. The van der Waals surface area contributed by atoms with Crippen LogP contribution < -0.4 is 0 Å². The van der Waals surface area contributed by atoms with Gasteiger partial charge in [0, 0.05) is 24.6 Å². The molecule has 1 fully saturated rings. The van der Waals surface area contributed by atoms with Crippen LogP contribution >= 0.6 is 0 Å². The lowest BCUT2D eigenvalue weighted by molar-refractivity contribution is 0.103. The van der Waals surface area contributed by atoms with Crippen molar-refractivity contribution < 1.29 is 4.74 Å². The predicted molar refractivity (Wildman–Crippen MR) is 59.7 cm³/mol. The number of azide groups is 1. The minimum absolute atomic E-state index is 0.587. The van der Waals surface area contributed by atoms with Crippen LogP contribution in [-0.4, -0.2) is 44.8 Å². The van der Waals surface area contributed by atoms with Gasteiger partial charge in [0.1, 0.15) is 0 Å². The van der Waals surface area contributed by atoms with Gasteiger partial charge in [-0.2, -0.15) is 0 Å². The van der Waals surface area contributed by atoms with Gasteiger partial charge < -0.3 is 9.64 Å². The smallest absolute Gasteiger partial charge is 0.0593 e. The Morgan fingerprint density at radius 2 is 2.27 bits per heavy atom. The molecule has 0 unspecified atom stereocenters. The molecule has 0 radical (unpaired) electrons. The summed E-state index contributed by atoms with van der Waals surface area (Å²) in [4.78, 5) is 4.92. The van der Waals surface area contributed by atoms with Crippen LogP contribution in [-0.2, 0) is 4.74 Å². The number of hydrogen-bond acceptors (Lipinski definition) is 3. The zero-order chi connectivity index (χ0) is 10.9. The lowest BCUT2D eigenvalue weighted by Gasteiger charge is -2.15. The van der Waals surface area contributed by atoms with Crippen LogP contribution in [0.4, 0.5) is 0 Å². The summed E-state index contributed by atoms with van der Waals surface area (Å²) in [6, 6.07) is 0. The van der Waals surface area contributed by atoms with Crippen LogP contribution in [0.1, 0.15) is 19.3 Å². The maximum atomic E-state index is 8.09. The van der Waals surface area contributed by atoms with Gasteiger partial charge in [-0.25, -0.2) is 0 Å². The molecule has 0 heterocycles. The first-order valence-corrected chi connectivity index (χ1v) is 5.60. The van der Waals surface area contributed by atoms with E-state index in [0.717, 1.165) is 38.6 Å². The minimum Gasteiger partial charge on any atom is -0.380 e. The number of hydrogen-bond donors (Lipinski definition) is 0. The topological polar surface area (TPSA) is 61.2 Å². The zero-order valence-corrected chi connectivity index (χ0v) is 9.43. The van der Waals surface area contributed by atoms with Gasteiger partial charge >= 0.3 is 0 Å². The third-order valence-corrected chi connectivity index (χ3v) is 2.53. The molecule has 5 heteroatoms. The van der Waals surface area contributed by atoms with Gasteiger partial charge in [-0.15, -0.1) is 0 Å². The van der Waals surface area contributed by atoms with E-state index in [4.69, 9.17) is 10.3 Å². The summed E-state index contributed by atoms with van der Waals surface area (Å²) < 4.78 is 5.53. The molecule has 0 N–H and O–H groups in total. The first-order chi connectivity index (χ1) is 7.33. The molecule has 1 aliphatic rings. The van der Waals surface area contributed by atoms with E-state index in [1.54, 1.807) is 0 Å². The SMILES string of the molecule is CN(CCCN=[N+]=[N-])CCOCC1CC1. The number of nitrogens with zero attached hydrogens (tertiary/aromatic N) is 4. The summed E-state index contributed by atoms with van der Waals surface area (Å²) in [6.07, 6.45) is 3.62.